The van der Waals surface area contributed by atoms with Crippen molar-refractivity contribution in [2.24, 2.45) is 17.6 Å². The van der Waals surface area contributed by atoms with E-state index in [4.69, 9.17) is 10.5 Å². The summed E-state index contributed by atoms with van der Waals surface area (Å²) in [7, 11) is 0. The fourth-order valence-corrected chi connectivity index (χ4v) is 3.40. The minimum absolute atomic E-state index is 0.322. The molecule has 0 spiro atoms. The fraction of sp³-hybridized carbons (Fsp3) is 0.611. The molecule has 1 aliphatic carbocycles. The molecular weight excluding hydrogens is 260 g/mol. The normalized spacial score (nSPS) is 28.6. The monoisotopic (exact) mass is 286 g/mol. The van der Waals surface area contributed by atoms with Gasteiger partial charge in [-0.25, -0.2) is 0 Å². The van der Waals surface area contributed by atoms with Gasteiger partial charge in [0.2, 0.25) is 0 Å². The lowest BCUT2D eigenvalue weighted by atomic mass is 9.81. The lowest BCUT2D eigenvalue weighted by Crippen LogP contribution is -2.37. The van der Waals surface area contributed by atoms with E-state index in [-0.39, 0.29) is 0 Å². The van der Waals surface area contributed by atoms with Gasteiger partial charge < -0.3 is 10.5 Å². The first-order valence-electron chi connectivity index (χ1n) is 7.91. The summed E-state index contributed by atoms with van der Waals surface area (Å²) in [6, 6.07) is 11.8. The zero-order valence-corrected chi connectivity index (χ0v) is 13.1. The van der Waals surface area contributed by atoms with Crippen LogP contribution in [0.5, 0.6) is 0 Å². The lowest BCUT2D eigenvalue weighted by molar-refractivity contribution is -0.00414. The molecule has 1 aliphatic rings. The van der Waals surface area contributed by atoms with Crippen LogP contribution in [0.4, 0.5) is 0 Å². The summed E-state index contributed by atoms with van der Waals surface area (Å²) in [5.74, 6) is 1.46. The number of rotatable bonds is 5. The van der Waals surface area contributed by atoms with Gasteiger partial charge in [-0.15, -0.1) is 0 Å². The largest absolute Gasteiger partial charge is 0.378 e. The minimum atomic E-state index is -0.951. The second kappa shape index (κ2) is 7.06. The number of nitriles is 1. The molecule has 3 unspecified atom stereocenters. The quantitative estimate of drug-likeness (QED) is 0.899. The maximum atomic E-state index is 9.43. The van der Waals surface area contributed by atoms with Crippen LogP contribution in [0.15, 0.2) is 30.3 Å². The van der Waals surface area contributed by atoms with Crippen molar-refractivity contribution in [3.63, 3.8) is 0 Å². The smallest absolute Gasteiger partial charge is 0.132 e. The molecule has 0 aliphatic heterocycles. The highest BCUT2D eigenvalue weighted by atomic mass is 16.5. The van der Waals surface area contributed by atoms with Crippen molar-refractivity contribution in [1.82, 2.24) is 0 Å². The Morgan fingerprint density at radius 2 is 1.81 bits per heavy atom. The third-order valence-electron chi connectivity index (χ3n) is 4.47. The molecule has 1 fully saturated rings. The van der Waals surface area contributed by atoms with Crippen molar-refractivity contribution in [1.29, 1.82) is 5.26 Å². The van der Waals surface area contributed by atoms with Crippen LogP contribution in [0.2, 0.25) is 0 Å². The molecule has 0 aromatic heterocycles. The molecule has 1 saturated carbocycles. The molecule has 3 atom stereocenters. The number of ether oxygens (including phenoxy) is 1. The van der Waals surface area contributed by atoms with Crippen molar-refractivity contribution < 1.29 is 4.74 Å². The van der Waals surface area contributed by atoms with E-state index in [1.807, 2.05) is 30.3 Å². The van der Waals surface area contributed by atoms with Gasteiger partial charge in [-0.1, -0.05) is 44.2 Å². The van der Waals surface area contributed by atoms with E-state index in [1.165, 1.54) is 6.42 Å². The van der Waals surface area contributed by atoms with E-state index in [9.17, 15) is 5.26 Å². The van der Waals surface area contributed by atoms with Gasteiger partial charge in [-0.3, -0.25) is 0 Å². The van der Waals surface area contributed by atoms with Crippen LogP contribution in [0.3, 0.4) is 0 Å². The Kier molecular flexibility index (Phi) is 5.39. The summed E-state index contributed by atoms with van der Waals surface area (Å²) in [4.78, 5) is 0. The molecular formula is C18H26N2O. The van der Waals surface area contributed by atoms with Crippen molar-refractivity contribution in [2.75, 3.05) is 6.61 Å². The molecule has 0 heterocycles. The molecule has 114 valence electrons. The Bertz CT molecular complexity index is 472. The first-order valence-corrected chi connectivity index (χ1v) is 7.91. The highest BCUT2D eigenvalue weighted by Gasteiger charge is 2.29. The van der Waals surface area contributed by atoms with E-state index in [0.717, 1.165) is 30.2 Å². The molecule has 2 N–H and O–H groups in total. The topological polar surface area (TPSA) is 59.0 Å². The predicted molar refractivity (Wildman–Crippen MR) is 84.5 cm³/mol. The average molecular weight is 286 g/mol. The molecule has 0 radical (unpaired) electrons. The number of hydrogen-bond donors (Lipinski definition) is 1. The summed E-state index contributed by atoms with van der Waals surface area (Å²) < 4.78 is 6.01. The minimum Gasteiger partial charge on any atom is -0.378 e. The van der Waals surface area contributed by atoms with Crippen LogP contribution < -0.4 is 5.73 Å². The summed E-state index contributed by atoms with van der Waals surface area (Å²) in [6.45, 7) is 5.13. The summed E-state index contributed by atoms with van der Waals surface area (Å²) in [6.07, 6.45) is 4.40. The standard InChI is InChI=1S/C18H26N2O/c1-14-10-15(2)12-17(11-14)21-9-8-18(20,13-19)16-6-4-3-5-7-16/h3-7,14-15,17H,8-12,20H2,1-2H3. The Hall–Kier alpha value is -1.37. The second-order valence-electron chi connectivity index (χ2n) is 6.61. The number of benzene rings is 1. The van der Waals surface area contributed by atoms with E-state index < -0.39 is 5.54 Å². The maximum Gasteiger partial charge on any atom is 0.132 e. The molecule has 0 bridgehead atoms. The van der Waals surface area contributed by atoms with Crippen molar-refractivity contribution in [3.05, 3.63) is 35.9 Å². The lowest BCUT2D eigenvalue weighted by Gasteiger charge is -2.32. The van der Waals surface area contributed by atoms with Crippen molar-refractivity contribution >= 4 is 0 Å². The molecule has 0 amide bonds. The molecule has 21 heavy (non-hydrogen) atoms. The number of nitrogens with two attached hydrogens (primary N) is 1. The number of hydrogen-bond acceptors (Lipinski definition) is 3. The van der Waals surface area contributed by atoms with Crippen molar-refractivity contribution in [3.8, 4) is 6.07 Å². The van der Waals surface area contributed by atoms with Gasteiger partial charge in [-0.05, 0) is 36.7 Å². The van der Waals surface area contributed by atoms with Gasteiger partial charge >= 0.3 is 0 Å². The summed E-state index contributed by atoms with van der Waals surface area (Å²) >= 11 is 0. The summed E-state index contributed by atoms with van der Waals surface area (Å²) in [5, 5.41) is 9.43. The zero-order valence-electron chi connectivity index (χ0n) is 13.1. The van der Waals surface area contributed by atoms with Gasteiger partial charge in [0.15, 0.2) is 0 Å². The highest BCUT2D eigenvalue weighted by Crippen LogP contribution is 2.31. The van der Waals surface area contributed by atoms with Crippen molar-refractivity contribution in [2.45, 2.75) is 51.2 Å². The Morgan fingerprint density at radius 3 is 2.38 bits per heavy atom. The molecule has 3 nitrogen and oxygen atoms in total. The first-order chi connectivity index (χ1) is 10.0. The van der Waals surface area contributed by atoms with Gasteiger partial charge in [0.25, 0.3) is 0 Å². The van der Waals surface area contributed by atoms with Gasteiger partial charge in [-0.2, -0.15) is 5.26 Å². The van der Waals surface area contributed by atoms with Crippen LogP contribution in [-0.4, -0.2) is 12.7 Å². The SMILES string of the molecule is CC1CC(C)CC(OCCC(N)(C#N)c2ccccc2)C1. The highest BCUT2D eigenvalue weighted by molar-refractivity contribution is 5.30. The first kappa shape index (κ1) is 16.0. The molecule has 3 heteroatoms. The van der Waals surface area contributed by atoms with Gasteiger partial charge in [0.1, 0.15) is 5.54 Å². The van der Waals surface area contributed by atoms with Gasteiger partial charge in [0.05, 0.1) is 18.8 Å². The zero-order chi connectivity index (χ0) is 15.3. The maximum absolute atomic E-state index is 9.43. The van der Waals surface area contributed by atoms with Crippen LogP contribution in [-0.2, 0) is 10.3 Å². The van der Waals surface area contributed by atoms with Crippen LogP contribution >= 0.6 is 0 Å². The van der Waals surface area contributed by atoms with Crippen LogP contribution in [0.1, 0.15) is 45.1 Å². The molecule has 1 aromatic rings. The molecule has 2 rings (SSSR count). The Morgan fingerprint density at radius 1 is 1.19 bits per heavy atom. The Labute approximate surface area is 128 Å². The van der Waals surface area contributed by atoms with Crippen LogP contribution in [0, 0.1) is 23.2 Å². The van der Waals surface area contributed by atoms with Gasteiger partial charge in [0, 0.05) is 6.42 Å². The van der Waals surface area contributed by atoms with E-state index in [0.29, 0.717) is 19.1 Å². The molecule has 0 saturated heterocycles. The third-order valence-corrected chi connectivity index (χ3v) is 4.47. The third kappa shape index (κ3) is 4.30. The fourth-order valence-electron chi connectivity index (χ4n) is 3.40. The van der Waals surface area contributed by atoms with E-state index >= 15 is 0 Å². The van der Waals surface area contributed by atoms with E-state index in [1.54, 1.807) is 0 Å². The molecule has 1 aromatic carbocycles. The Balaban J connectivity index is 1.88. The van der Waals surface area contributed by atoms with E-state index in [2.05, 4.69) is 19.9 Å². The van der Waals surface area contributed by atoms with Crippen LogP contribution in [0.25, 0.3) is 0 Å². The predicted octanol–water partition coefficient (Wildman–Crippen LogP) is 3.60. The second-order valence-corrected chi connectivity index (χ2v) is 6.61. The summed E-state index contributed by atoms with van der Waals surface area (Å²) in [5.41, 5.74) is 6.16. The number of nitrogens with zero attached hydrogens (tertiary/aromatic N) is 1. The average Bonchev–Trinajstić information content (AvgIpc) is 2.47.